The summed E-state index contributed by atoms with van der Waals surface area (Å²) in [4.78, 5) is 12.9. The lowest BCUT2D eigenvalue weighted by Crippen LogP contribution is -2.42. The molecule has 0 saturated carbocycles. The summed E-state index contributed by atoms with van der Waals surface area (Å²) in [5.74, 6) is 0.194. The van der Waals surface area contributed by atoms with Gasteiger partial charge in [0.1, 0.15) is 0 Å². The predicted molar refractivity (Wildman–Crippen MR) is 61.8 cm³/mol. The van der Waals surface area contributed by atoms with E-state index in [4.69, 9.17) is 0 Å². The fourth-order valence-electron chi connectivity index (χ4n) is 1.79. The van der Waals surface area contributed by atoms with Crippen LogP contribution in [0.15, 0.2) is 0 Å². The Morgan fingerprint density at radius 1 is 1.47 bits per heavy atom. The van der Waals surface area contributed by atoms with Crippen LogP contribution in [0.1, 0.15) is 25.7 Å². The highest BCUT2D eigenvalue weighted by Gasteiger charge is 2.11. The van der Waals surface area contributed by atoms with Crippen LogP contribution in [0.4, 0.5) is 0 Å². The standard InChI is InChI=1S/C11H23N3O/c1-14(2)11(15)6-8-12-9-10-5-3-4-7-13-10/h10,12-13H,3-9H2,1-2H3. The molecule has 1 fully saturated rings. The Morgan fingerprint density at radius 2 is 2.27 bits per heavy atom. The van der Waals surface area contributed by atoms with Gasteiger partial charge in [0, 0.05) is 39.6 Å². The fourth-order valence-corrected chi connectivity index (χ4v) is 1.79. The smallest absolute Gasteiger partial charge is 0.223 e. The van der Waals surface area contributed by atoms with E-state index >= 15 is 0 Å². The topological polar surface area (TPSA) is 44.4 Å². The summed E-state index contributed by atoms with van der Waals surface area (Å²) in [5.41, 5.74) is 0. The second kappa shape index (κ2) is 6.80. The van der Waals surface area contributed by atoms with Crippen LogP contribution < -0.4 is 10.6 Å². The van der Waals surface area contributed by atoms with E-state index in [9.17, 15) is 4.79 Å². The Kier molecular flexibility index (Phi) is 5.65. The van der Waals surface area contributed by atoms with Crippen molar-refractivity contribution in [2.45, 2.75) is 31.7 Å². The average molecular weight is 213 g/mol. The lowest BCUT2D eigenvalue weighted by atomic mass is 10.1. The average Bonchev–Trinajstić information content (AvgIpc) is 2.25. The molecule has 1 atom stereocenters. The number of amides is 1. The van der Waals surface area contributed by atoms with Crippen LogP contribution in [0.3, 0.4) is 0 Å². The third-order valence-electron chi connectivity index (χ3n) is 2.82. The normalized spacial score (nSPS) is 21.3. The lowest BCUT2D eigenvalue weighted by Gasteiger charge is -2.23. The summed E-state index contributed by atoms with van der Waals surface area (Å²) >= 11 is 0. The third kappa shape index (κ3) is 5.14. The molecule has 0 aromatic heterocycles. The number of rotatable bonds is 5. The van der Waals surface area contributed by atoms with E-state index in [1.54, 1.807) is 19.0 Å². The first-order valence-electron chi connectivity index (χ1n) is 5.84. The number of nitrogens with zero attached hydrogens (tertiary/aromatic N) is 1. The van der Waals surface area contributed by atoms with E-state index in [1.165, 1.54) is 19.3 Å². The van der Waals surface area contributed by atoms with Gasteiger partial charge in [-0.1, -0.05) is 6.42 Å². The molecule has 0 aliphatic carbocycles. The number of hydrogen-bond acceptors (Lipinski definition) is 3. The van der Waals surface area contributed by atoms with E-state index in [-0.39, 0.29) is 5.91 Å². The van der Waals surface area contributed by atoms with Gasteiger partial charge in [-0.2, -0.15) is 0 Å². The summed E-state index contributed by atoms with van der Waals surface area (Å²) in [6.07, 6.45) is 4.49. The SMILES string of the molecule is CN(C)C(=O)CCNCC1CCCCN1. The van der Waals surface area contributed by atoms with Gasteiger partial charge >= 0.3 is 0 Å². The minimum atomic E-state index is 0.194. The molecule has 0 radical (unpaired) electrons. The summed E-state index contributed by atoms with van der Waals surface area (Å²) in [5, 5.41) is 6.80. The maximum Gasteiger partial charge on any atom is 0.223 e. The van der Waals surface area contributed by atoms with Crippen molar-refractivity contribution in [1.29, 1.82) is 0 Å². The molecule has 88 valence electrons. The highest BCUT2D eigenvalue weighted by molar-refractivity contribution is 5.75. The third-order valence-corrected chi connectivity index (χ3v) is 2.82. The van der Waals surface area contributed by atoms with E-state index < -0.39 is 0 Å². The highest BCUT2D eigenvalue weighted by Crippen LogP contribution is 2.05. The number of hydrogen-bond donors (Lipinski definition) is 2. The summed E-state index contributed by atoms with van der Waals surface area (Å²) in [6.45, 7) is 2.92. The van der Waals surface area contributed by atoms with E-state index in [0.717, 1.165) is 19.6 Å². The van der Waals surface area contributed by atoms with Gasteiger partial charge in [0.25, 0.3) is 0 Å². The Morgan fingerprint density at radius 3 is 2.87 bits per heavy atom. The van der Waals surface area contributed by atoms with Gasteiger partial charge in [-0.05, 0) is 19.4 Å². The first kappa shape index (κ1) is 12.5. The zero-order chi connectivity index (χ0) is 11.1. The van der Waals surface area contributed by atoms with Gasteiger partial charge in [0.15, 0.2) is 0 Å². The molecule has 0 aromatic carbocycles. The zero-order valence-electron chi connectivity index (χ0n) is 9.88. The molecular weight excluding hydrogens is 190 g/mol. The molecule has 1 heterocycles. The van der Waals surface area contributed by atoms with Gasteiger partial charge in [-0.3, -0.25) is 4.79 Å². The maximum atomic E-state index is 11.3. The van der Waals surface area contributed by atoms with Crippen LogP contribution in [0.2, 0.25) is 0 Å². The Hall–Kier alpha value is -0.610. The van der Waals surface area contributed by atoms with Gasteiger partial charge < -0.3 is 15.5 Å². The van der Waals surface area contributed by atoms with Crippen LogP contribution in [0.5, 0.6) is 0 Å². The van der Waals surface area contributed by atoms with E-state index in [0.29, 0.717) is 12.5 Å². The van der Waals surface area contributed by atoms with Crippen LogP contribution in [0, 0.1) is 0 Å². The van der Waals surface area contributed by atoms with Gasteiger partial charge in [-0.15, -0.1) is 0 Å². The molecule has 0 spiro atoms. The van der Waals surface area contributed by atoms with E-state index in [2.05, 4.69) is 10.6 Å². The fraction of sp³-hybridized carbons (Fsp3) is 0.909. The Bertz CT molecular complexity index is 188. The van der Waals surface area contributed by atoms with Crippen molar-refractivity contribution in [2.24, 2.45) is 0 Å². The van der Waals surface area contributed by atoms with Crippen molar-refractivity contribution in [3.8, 4) is 0 Å². The second-order valence-corrected chi connectivity index (χ2v) is 4.39. The largest absolute Gasteiger partial charge is 0.349 e. The Balaban J connectivity index is 1.98. The molecule has 1 unspecified atom stereocenters. The summed E-state index contributed by atoms with van der Waals surface area (Å²) in [6, 6.07) is 0.605. The quantitative estimate of drug-likeness (QED) is 0.641. The van der Waals surface area contributed by atoms with Crippen molar-refractivity contribution < 1.29 is 4.79 Å². The first-order chi connectivity index (χ1) is 7.20. The lowest BCUT2D eigenvalue weighted by molar-refractivity contribution is -0.128. The Labute approximate surface area is 92.4 Å². The van der Waals surface area contributed by atoms with Gasteiger partial charge in [0.05, 0.1) is 0 Å². The van der Waals surface area contributed by atoms with Crippen LogP contribution in [-0.4, -0.2) is 50.6 Å². The molecule has 1 saturated heterocycles. The van der Waals surface area contributed by atoms with Crippen LogP contribution in [-0.2, 0) is 4.79 Å². The monoisotopic (exact) mass is 213 g/mol. The predicted octanol–water partition coefficient (Wildman–Crippen LogP) is 0.196. The van der Waals surface area contributed by atoms with Crippen LogP contribution >= 0.6 is 0 Å². The number of piperidine rings is 1. The minimum absolute atomic E-state index is 0.194. The molecule has 0 bridgehead atoms. The molecule has 1 rings (SSSR count). The molecule has 1 aliphatic rings. The van der Waals surface area contributed by atoms with Gasteiger partial charge in [0.2, 0.25) is 5.91 Å². The molecule has 1 amide bonds. The van der Waals surface area contributed by atoms with Crippen molar-refractivity contribution in [3.05, 3.63) is 0 Å². The highest BCUT2D eigenvalue weighted by atomic mass is 16.2. The number of carbonyl (C=O) groups excluding carboxylic acids is 1. The molecule has 15 heavy (non-hydrogen) atoms. The zero-order valence-corrected chi connectivity index (χ0v) is 9.88. The van der Waals surface area contributed by atoms with Crippen molar-refractivity contribution in [3.63, 3.8) is 0 Å². The van der Waals surface area contributed by atoms with Crippen molar-refractivity contribution in [1.82, 2.24) is 15.5 Å². The molecule has 1 aliphatic heterocycles. The summed E-state index contributed by atoms with van der Waals surface area (Å²) < 4.78 is 0. The molecule has 2 N–H and O–H groups in total. The van der Waals surface area contributed by atoms with Crippen molar-refractivity contribution in [2.75, 3.05) is 33.7 Å². The summed E-state index contributed by atoms with van der Waals surface area (Å²) in [7, 11) is 3.59. The molecule has 4 heteroatoms. The van der Waals surface area contributed by atoms with Crippen LogP contribution in [0.25, 0.3) is 0 Å². The van der Waals surface area contributed by atoms with Crippen molar-refractivity contribution >= 4 is 5.91 Å². The first-order valence-corrected chi connectivity index (χ1v) is 5.84. The number of nitrogens with one attached hydrogen (secondary N) is 2. The number of carbonyl (C=O) groups is 1. The van der Waals surface area contributed by atoms with E-state index in [1.807, 2.05) is 0 Å². The maximum absolute atomic E-state index is 11.3. The van der Waals surface area contributed by atoms with Gasteiger partial charge in [-0.25, -0.2) is 0 Å². The molecular formula is C11H23N3O. The molecule has 4 nitrogen and oxygen atoms in total. The minimum Gasteiger partial charge on any atom is -0.349 e. The second-order valence-electron chi connectivity index (χ2n) is 4.39. The molecule has 0 aromatic rings.